The molecule has 0 fully saturated rings. The molecule has 2 aromatic carbocycles. The number of amides is 1. The maximum Gasteiger partial charge on any atom is 0.251 e. The standard InChI is InChI=1S/C20H21NO3/c1-20(2)14-21(17-9-4-5-10-18(17)24-20)19(22)12-11-15-7-6-8-16(13-15)23-3/h4-13H,14H2,1-3H3/b12-11+. The SMILES string of the molecule is COc1cccc(/C=C/C(=O)N2CC(C)(C)Oc3ccccc32)c1. The molecule has 3 rings (SSSR count). The van der Waals surface area contributed by atoms with Gasteiger partial charge in [-0.2, -0.15) is 0 Å². The minimum absolute atomic E-state index is 0.0679. The lowest BCUT2D eigenvalue weighted by Crippen LogP contribution is -2.48. The molecular formula is C20H21NO3. The third-order valence-corrected chi connectivity index (χ3v) is 3.86. The number of para-hydroxylation sites is 2. The van der Waals surface area contributed by atoms with Gasteiger partial charge in [0.2, 0.25) is 0 Å². The van der Waals surface area contributed by atoms with E-state index in [0.717, 1.165) is 22.7 Å². The highest BCUT2D eigenvalue weighted by atomic mass is 16.5. The van der Waals surface area contributed by atoms with Gasteiger partial charge in [-0.1, -0.05) is 24.3 Å². The van der Waals surface area contributed by atoms with Crippen LogP contribution in [0.3, 0.4) is 0 Å². The van der Waals surface area contributed by atoms with Crippen molar-refractivity contribution < 1.29 is 14.3 Å². The highest BCUT2D eigenvalue weighted by Crippen LogP contribution is 2.36. The van der Waals surface area contributed by atoms with Crippen molar-refractivity contribution in [2.45, 2.75) is 19.4 Å². The molecule has 0 saturated heterocycles. The number of methoxy groups -OCH3 is 1. The number of carbonyl (C=O) groups excluding carboxylic acids is 1. The molecule has 1 aliphatic heterocycles. The molecule has 124 valence electrons. The first-order valence-electron chi connectivity index (χ1n) is 7.90. The monoisotopic (exact) mass is 323 g/mol. The number of fused-ring (bicyclic) bond motifs is 1. The van der Waals surface area contributed by atoms with E-state index in [2.05, 4.69) is 0 Å². The number of benzene rings is 2. The van der Waals surface area contributed by atoms with E-state index in [4.69, 9.17) is 9.47 Å². The Labute approximate surface area is 142 Å². The molecule has 0 aliphatic carbocycles. The minimum atomic E-state index is -0.423. The summed E-state index contributed by atoms with van der Waals surface area (Å²) >= 11 is 0. The van der Waals surface area contributed by atoms with E-state index >= 15 is 0 Å². The van der Waals surface area contributed by atoms with Gasteiger partial charge in [-0.15, -0.1) is 0 Å². The van der Waals surface area contributed by atoms with Gasteiger partial charge in [0.05, 0.1) is 19.3 Å². The normalized spacial score (nSPS) is 15.7. The van der Waals surface area contributed by atoms with Gasteiger partial charge in [0.15, 0.2) is 0 Å². The third kappa shape index (κ3) is 3.43. The molecule has 4 nitrogen and oxygen atoms in total. The lowest BCUT2D eigenvalue weighted by molar-refractivity contribution is -0.115. The van der Waals surface area contributed by atoms with Crippen LogP contribution in [0, 0.1) is 0 Å². The zero-order valence-corrected chi connectivity index (χ0v) is 14.2. The molecule has 0 unspecified atom stereocenters. The lowest BCUT2D eigenvalue weighted by Gasteiger charge is -2.39. The predicted octanol–water partition coefficient (Wildman–Crippen LogP) is 3.91. The van der Waals surface area contributed by atoms with Crippen LogP contribution in [-0.2, 0) is 4.79 Å². The summed E-state index contributed by atoms with van der Waals surface area (Å²) in [6, 6.07) is 15.2. The molecule has 1 heterocycles. The molecule has 0 aromatic heterocycles. The summed E-state index contributed by atoms with van der Waals surface area (Å²) in [4.78, 5) is 14.5. The van der Waals surface area contributed by atoms with E-state index in [9.17, 15) is 4.79 Å². The van der Waals surface area contributed by atoms with Gasteiger partial charge < -0.3 is 14.4 Å². The fraction of sp³-hybridized carbons (Fsp3) is 0.250. The number of hydrogen-bond donors (Lipinski definition) is 0. The molecule has 24 heavy (non-hydrogen) atoms. The second kappa shape index (κ2) is 6.40. The Morgan fingerprint density at radius 2 is 2.00 bits per heavy atom. The van der Waals surface area contributed by atoms with Crippen LogP contribution in [0.1, 0.15) is 19.4 Å². The van der Waals surface area contributed by atoms with Crippen LogP contribution < -0.4 is 14.4 Å². The van der Waals surface area contributed by atoms with Gasteiger partial charge >= 0.3 is 0 Å². The maximum absolute atomic E-state index is 12.7. The van der Waals surface area contributed by atoms with Crippen LogP contribution in [0.25, 0.3) is 6.08 Å². The maximum atomic E-state index is 12.7. The molecule has 1 aliphatic rings. The van der Waals surface area contributed by atoms with Crippen LogP contribution >= 0.6 is 0 Å². The summed E-state index contributed by atoms with van der Waals surface area (Å²) in [5.41, 5.74) is 1.30. The quantitative estimate of drug-likeness (QED) is 0.804. The van der Waals surface area contributed by atoms with Crippen molar-refractivity contribution in [1.82, 2.24) is 0 Å². The first kappa shape index (κ1) is 16.1. The second-order valence-corrected chi connectivity index (χ2v) is 6.36. The van der Waals surface area contributed by atoms with Crippen LogP contribution in [0.15, 0.2) is 54.6 Å². The van der Waals surface area contributed by atoms with E-state index in [1.165, 1.54) is 0 Å². The van der Waals surface area contributed by atoms with E-state index in [1.807, 2.05) is 62.4 Å². The first-order valence-corrected chi connectivity index (χ1v) is 7.90. The Morgan fingerprint density at radius 3 is 2.79 bits per heavy atom. The third-order valence-electron chi connectivity index (χ3n) is 3.86. The van der Waals surface area contributed by atoms with Crippen LogP contribution in [-0.4, -0.2) is 25.2 Å². The topological polar surface area (TPSA) is 38.8 Å². The number of nitrogens with zero attached hydrogens (tertiary/aromatic N) is 1. The zero-order chi connectivity index (χ0) is 17.2. The van der Waals surface area contributed by atoms with Crippen LogP contribution in [0.5, 0.6) is 11.5 Å². The van der Waals surface area contributed by atoms with Gasteiger partial charge in [-0.3, -0.25) is 4.79 Å². The lowest BCUT2D eigenvalue weighted by atomic mass is 10.0. The van der Waals surface area contributed by atoms with Gasteiger partial charge in [-0.05, 0) is 49.8 Å². The van der Waals surface area contributed by atoms with Gasteiger partial charge in [0.25, 0.3) is 5.91 Å². The predicted molar refractivity (Wildman–Crippen MR) is 95.5 cm³/mol. The molecule has 0 saturated carbocycles. The molecule has 0 N–H and O–H groups in total. The summed E-state index contributed by atoms with van der Waals surface area (Å²) in [5, 5.41) is 0. The summed E-state index contributed by atoms with van der Waals surface area (Å²) < 4.78 is 11.2. The Bertz CT molecular complexity index is 780. The Balaban J connectivity index is 1.85. The Kier molecular flexibility index (Phi) is 4.30. The van der Waals surface area contributed by atoms with Gasteiger partial charge in [-0.25, -0.2) is 0 Å². The number of hydrogen-bond acceptors (Lipinski definition) is 3. The average Bonchev–Trinajstić information content (AvgIpc) is 2.58. The molecular weight excluding hydrogens is 302 g/mol. The summed E-state index contributed by atoms with van der Waals surface area (Å²) in [6.45, 7) is 4.47. The molecule has 0 spiro atoms. The summed E-state index contributed by atoms with van der Waals surface area (Å²) in [7, 11) is 1.63. The number of ether oxygens (including phenoxy) is 2. The molecule has 0 bridgehead atoms. The van der Waals surface area contributed by atoms with Crippen molar-refractivity contribution >= 4 is 17.7 Å². The second-order valence-electron chi connectivity index (χ2n) is 6.36. The van der Waals surface area contributed by atoms with E-state index in [1.54, 1.807) is 24.2 Å². The Hall–Kier alpha value is -2.75. The molecule has 4 heteroatoms. The first-order chi connectivity index (χ1) is 11.5. The summed E-state index contributed by atoms with van der Waals surface area (Å²) in [5.74, 6) is 1.43. The Morgan fingerprint density at radius 1 is 1.21 bits per heavy atom. The van der Waals surface area contributed by atoms with E-state index < -0.39 is 5.60 Å². The zero-order valence-electron chi connectivity index (χ0n) is 14.2. The van der Waals surface area contributed by atoms with E-state index in [0.29, 0.717) is 6.54 Å². The fourth-order valence-corrected chi connectivity index (χ4v) is 2.76. The highest BCUT2D eigenvalue weighted by molar-refractivity contribution is 6.05. The van der Waals surface area contributed by atoms with Gasteiger partial charge in [0, 0.05) is 6.08 Å². The molecule has 0 atom stereocenters. The minimum Gasteiger partial charge on any atom is -0.497 e. The van der Waals surface area contributed by atoms with Crippen molar-refractivity contribution in [3.63, 3.8) is 0 Å². The van der Waals surface area contributed by atoms with Crippen LogP contribution in [0.2, 0.25) is 0 Å². The highest BCUT2D eigenvalue weighted by Gasteiger charge is 2.33. The number of rotatable bonds is 3. The summed E-state index contributed by atoms with van der Waals surface area (Å²) in [6.07, 6.45) is 3.39. The smallest absolute Gasteiger partial charge is 0.251 e. The van der Waals surface area contributed by atoms with Gasteiger partial charge in [0.1, 0.15) is 17.1 Å². The fourth-order valence-electron chi connectivity index (χ4n) is 2.76. The van der Waals surface area contributed by atoms with E-state index in [-0.39, 0.29) is 5.91 Å². The molecule has 0 radical (unpaired) electrons. The molecule has 2 aromatic rings. The number of anilines is 1. The van der Waals surface area contributed by atoms with Crippen molar-refractivity contribution in [2.75, 3.05) is 18.6 Å². The number of carbonyl (C=O) groups is 1. The average molecular weight is 323 g/mol. The van der Waals surface area contributed by atoms with Crippen molar-refractivity contribution in [3.05, 3.63) is 60.2 Å². The van der Waals surface area contributed by atoms with Crippen molar-refractivity contribution in [3.8, 4) is 11.5 Å². The van der Waals surface area contributed by atoms with Crippen molar-refractivity contribution in [2.24, 2.45) is 0 Å². The molecule has 1 amide bonds. The van der Waals surface area contributed by atoms with Crippen molar-refractivity contribution in [1.29, 1.82) is 0 Å². The van der Waals surface area contributed by atoms with Crippen LogP contribution in [0.4, 0.5) is 5.69 Å². The largest absolute Gasteiger partial charge is 0.497 e.